The summed E-state index contributed by atoms with van der Waals surface area (Å²) in [5.74, 6) is 0.950. The third-order valence-corrected chi connectivity index (χ3v) is 10.7. The monoisotopic (exact) mass is 724 g/mol. The van der Waals surface area contributed by atoms with Crippen LogP contribution in [-0.4, -0.2) is 52.2 Å². The Morgan fingerprint density at radius 3 is 2.41 bits per heavy atom. The van der Waals surface area contributed by atoms with Crippen molar-refractivity contribution in [2.75, 3.05) is 20.2 Å². The molecule has 1 saturated carbocycles. The molecule has 268 valence electrons. The Hall–Kier alpha value is -4.15. The van der Waals surface area contributed by atoms with Gasteiger partial charge >= 0.3 is 6.09 Å². The highest BCUT2D eigenvalue weighted by molar-refractivity contribution is 8.59. The number of carbonyl (C=O) groups is 2. The number of rotatable bonds is 5. The molecule has 4 aromatic carbocycles. The lowest BCUT2D eigenvalue weighted by atomic mass is 9.76. The Labute approximate surface area is 310 Å². The number of aromatic nitrogens is 2. The van der Waals surface area contributed by atoms with E-state index in [0.717, 1.165) is 46.9 Å². The van der Waals surface area contributed by atoms with E-state index < -0.39 is 6.09 Å². The zero-order valence-corrected chi connectivity index (χ0v) is 31.5. The number of hydrogen-bond donors (Lipinski definition) is 5. The number of aromatic amines is 1. The zero-order chi connectivity index (χ0) is 36.1. The van der Waals surface area contributed by atoms with E-state index in [1.54, 1.807) is 4.90 Å². The SMILES string of the molecule is CCC.COC(=O)NCC(=O)N1CCCC1c1nc2ccc(-c3ccc(-c4ccc(O)c5ccccc45)c4c3C3(CCCC3)CC4)cc2[nH]1.SS. The molecule has 3 N–H and O–H groups in total. The Morgan fingerprint density at radius 2 is 1.67 bits per heavy atom. The van der Waals surface area contributed by atoms with Crippen molar-refractivity contribution in [3.05, 3.63) is 83.7 Å². The number of phenolic OH excluding ortho intramolecular Hbond substituents is 1. The number of carbonyl (C=O) groups excluding carboxylic acids is 2. The summed E-state index contributed by atoms with van der Waals surface area (Å²) in [5, 5.41) is 15.1. The molecular weight excluding hydrogens is 677 g/mol. The van der Waals surface area contributed by atoms with E-state index in [2.05, 4.69) is 94.7 Å². The van der Waals surface area contributed by atoms with Gasteiger partial charge in [0.15, 0.2) is 0 Å². The number of aromatic hydroxyl groups is 1. The number of likely N-dealkylation sites (tertiary alicyclic amines) is 1. The third kappa shape index (κ3) is 7.05. The van der Waals surface area contributed by atoms with Gasteiger partial charge in [0.1, 0.15) is 18.1 Å². The summed E-state index contributed by atoms with van der Waals surface area (Å²) in [6, 6.07) is 23.0. The molecule has 2 heterocycles. The molecule has 5 aromatic rings. The van der Waals surface area contributed by atoms with Crippen LogP contribution in [0.4, 0.5) is 4.79 Å². The first-order valence-electron chi connectivity index (χ1n) is 18.1. The number of imidazole rings is 1. The van der Waals surface area contributed by atoms with Gasteiger partial charge in [-0.3, -0.25) is 4.79 Å². The minimum atomic E-state index is -0.615. The molecule has 2 fully saturated rings. The molecule has 51 heavy (non-hydrogen) atoms. The van der Waals surface area contributed by atoms with Crippen molar-refractivity contribution in [3.63, 3.8) is 0 Å². The number of thiol groups is 2. The summed E-state index contributed by atoms with van der Waals surface area (Å²) in [6.45, 7) is 4.78. The maximum Gasteiger partial charge on any atom is 0.407 e. The smallest absolute Gasteiger partial charge is 0.407 e. The fourth-order valence-electron chi connectivity index (χ4n) is 8.59. The lowest BCUT2D eigenvalue weighted by Gasteiger charge is -2.28. The van der Waals surface area contributed by atoms with Gasteiger partial charge in [-0.25, -0.2) is 9.78 Å². The fraction of sp³-hybridized carbons (Fsp3) is 0.390. The molecular formula is C41H48N4O4S2. The van der Waals surface area contributed by atoms with Crippen LogP contribution in [0.1, 0.15) is 88.2 Å². The molecule has 8 nitrogen and oxygen atoms in total. The molecule has 10 heteroatoms. The number of nitrogens with zero attached hydrogens (tertiary/aromatic N) is 2. The number of H-pyrrole nitrogens is 1. The van der Waals surface area contributed by atoms with Gasteiger partial charge in [-0.1, -0.05) is 81.6 Å². The molecule has 1 saturated heterocycles. The predicted octanol–water partition coefficient (Wildman–Crippen LogP) is 9.71. The van der Waals surface area contributed by atoms with Crippen LogP contribution in [0.3, 0.4) is 0 Å². The standard InChI is InChI=1S/C38H38N4O4.C3H8.H2S2/c1-46-37(45)39-22-34(44)42-20-6-9-32(42)36-40-30-14-10-23(21-31(30)41-36)24-11-12-27(29-16-19-38(35(24)29)17-4-5-18-38)26-13-15-33(43)28-8-3-2-7-25(26)28;1-3-2;1-2/h2-3,7-8,10-15,21,32,43H,4-6,9,16-20,22H2,1H3,(H,39,45)(H,40,41);3H2,1-2H3;1-2H. The lowest BCUT2D eigenvalue weighted by molar-refractivity contribution is -0.131. The molecule has 1 atom stereocenters. The largest absolute Gasteiger partial charge is 0.507 e. The van der Waals surface area contributed by atoms with Crippen LogP contribution in [0.5, 0.6) is 5.75 Å². The Kier molecular flexibility index (Phi) is 11.5. The highest BCUT2D eigenvalue weighted by Crippen LogP contribution is 2.55. The van der Waals surface area contributed by atoms with Crippen molar-refractivity contribution >= 4 is 57.1 Å². The second kappa shape index (κ2) is 16.0. The van der Waals surface area contributed by atoms with Gasteiger partial charge in [0, 0.05) is 11.9 Å². The molecule has 1 aliphatic heterocycles. The van der Waals surface area contributed by atoms with E-state index in [1.165, 1.54) is 79.0 Å². The van der Waals surface area contributed by atoms with Gasteiger partial charge in [-0.15, -0.1) is 23.3 Å². The van der Waals surface area contributed by atoms with Gasteiger partial charge in [0.25, 0.3) is 0 Å². The summed E-state index contributed by atoms with van der Waals surface area (Å²) in [4.78, 5) is 34.8. The van der Waals surface area contributed by atoms with E-state index >= 15 is 0 Å². The average Bonchev–Trinajstić information content (AvgIpc) is 3.99. The summed E-state index contributed by atoms with van der Waals surface area (Å²) in [7, 11) is 1.29. The Bertz CT molecular complexity index is 2040. The van der Waals surface area contributed by atoms with Crippen molar-refractivity contribution in [3.8, 4) is 28.0 Å². The van der Waals surface area contributed by atoms with Crippen LogP contribution in [0, 0.1) is 0 Å². The van der Waals surface area contributed by atoms with Gasteiger partial charge in [0.2, 0.25) is 5.91 Å². The Morgan fingerprint density at radius 1 is 0.961 bits per heavy atom. The number of alkyl carbamates (subject to hydrolysis) is 1. The van der Waals surface area contributed by atoms with Crippen LogP contribution >= 0.6 is 23.3 Å². The summed E-state index contributed by atoms with van der Waals surface area (Å²) in [6.07, 6.45) is 9.54. The van der Waals surface area contributed by atoms with Crippen LogP contribution in [0.2, 0.25) is 0 Å². The first-order chi connectivity index (χ1) is 24.9. The summed E-state index contributed by atoms with van der Waals surface area (Å²) >= 11 is 6.44. The van der Waals surface area contributed by atoms with Crippen molar-refractivity contribution in [1.82, 2.24) is 20.2 Å². The fourth-order valence-corrected chi connectivity index (χ4v) is 8.59. The molecule has 1 aromatic heterocycles. The summed E-state index contributed by atoms with van der Waals surface area (Å²) in [5.41, 5.74) is 9.91. The zero-order valence-electron chi connectivity index (χ0n) is 29.7. The lowest BCUT2D eigenvalue weighted by Crippen LogP contribution is -2.40. The summed E-state index contributed by atoms with van der Waals surface area (Å²) < 4.78 is 4.62. The topological polar surface area (TPSA) is 108 Å². The van der Waals surface area contributed by atoms with Crippen LogP contribution in [0.15, 0.2) is 66.7 Å². The normalized spacial score (nSPS) is 17.1. The molecule has 2 aliphatic carbocycles. The first kappa shape index (κ1) is 36.6. The van der Waals surface area contributed by atoms with E-state index in [0.29, 0.717) is 12.3 Å². The van der Waals surface area contributed by atoms with Crippen molar-refractivity contribution < 1.29 is 19.4 Å². The molecule has 1 unspecified atom stereocenters. The molecule has 3 aliphatic rings. The van der Waals surface area contributed by atoms with Crippen LogP contribution < -0.4 is 5.32 Å². The average molecular weight is 725 g/mol. The molecule has 0 radical (unpaired) electrons. The Balaban J connectivity index is 0.000000853. The second-order valence-electron chi connectivity index (χ2n) is 13.8. The number of fused-ring (bicyclic) bond motifs is 4. The van der Waals surface area contributed by atoms with Crippen molar-refractivity contribution in [2.45, 2.75) is 83.1 Å². The number of ether oxygens (including phenoxy) is 1. The van der Waals surface area contributed by atoms with Crippen molar-refractivity contribution in [2.24, 2.45) is 0 Å². The number of nitrogens with one attached hydrogen (secondary N) is 2. The van der Waals surface area contributed by atoms with Crippen molar-refractivity contribution in [1.29, 1.82) is 0 Å². The molecule has 8 rings (SSSR count). The quantitative estimate of drug-likeness (QED) is 0.0917. The van der Waals surface area contributed by atoms with Crippen LogP contribution in [-0.2, 0) is 21.4 Å². The third-order valence-electron chi connectivity index (χ3n) is 10.7. The second-order valence-corrected chi connectivity index (χ2v) is 13.8. The maximum absolute atomic E-state index is 13.0. The molecule has 2 amide bonds. The predicted molar refractivity (Wildman–Crippen MR) is 213 cm³/mol. The number of hydrogen-bond acceptors (Lipinski definition) is 7. The highest BCUT2D eigenvalue weighted by atomic mass is 33.1. The van der Waals surface area contributed by atoms with Gasteiger partial charge in [-0.05, 0) is 101 Å². The molecule has 0 bridgehead atoms. The number of methoxy groups -OCH3 is 1. The van der Waals surface area contributed by atoms with E-state index in [-0.39, 0.29) is 23.9 Å². The minimum absolute atomic E-state index is 0.101. The van der Waals surface area contributed by atoms with Gasteiger partial charge in [0.05, 0.1) is 24.2 Å². The minimum Gasteiger partial charge on any atom is -0.507 e. The highest BCUT2D eigenvalue weighted by Gasteiger charge is 2.43. The maximum atomic E-state index is 13.0. The van der Waals surface area contributed by atoms with Gasteiger partial charge < -0.3 is 25.0 Å². The van der Waals surface area contributed by atoms with E-state index in [9.17, 15) is 14.7 Å². The molecule has 1 spiro atoms. The van der Waals surface area contributed by atoms with Gasteiger partial charge in [-0.2, -0.15) is 0 Å². The van der Waals surface area contributed by atoms with E-state index in [1.807, 2.05) is 24.3 Å². The number of benzene rings is 4. The number of amides is 2. The first-order valence-corrected chi connectivity index (χ1v) is 19.7. The number of phenols is 1. The van der Waals surface area contributed by atoms with Crippen LogP contribution in [0.25, 0.3) is 44.1 Å². The van der Waals surface area contributed by atoms with E-state index in [4.69, 9.17) is 4.98 Å².